The molecular weight excluding hydrogens is 399 g/mol. The van der Waals surface area contributed by atoms with Crippen LogP contribution in [0.5, 0.6) is 5.75 Å². The Hall–Kier alpha value is -3.26. The molecule has 0 N–H and O–H groups in total. The summed E-state index contributed by atoms with van der Waals surface area (Å²) in [4.78, 5) is 14.9. The Labute approximate surface area is 179 Å². The van der Waals surface area contributed by atoms with E-state index in [1.54, 1.807) is 17.0 Å². The Morgan fingerprint density at radius 2 is 1.81 bits per heavy atom. The van der Waals surface area contributed by atoms with Crippen molar-refractivity contribution in [3.05, 3.63) is 53.8 Å². The lowest BCUT2D eigenvalue weighted by Crippen LogP contribution is -2.52. The van der Waals surface area contributed by atoms with E-state index in [1.165, 1.54) is 25.0 Å². The number of benzene rings is 2. The van der Waals surface area contributed by atoms with Gasteiger partial charge in [-0.3, -0.25) is 9.69 Å². The molecule has 1 amide bonds. The van der Waals surface area contributed by atoms with E-state index in [1.807, 2.05) is 18.2 Å². The van der Waals surface area contributed by atoms with Crippen LogP contribution in [0, 0.1) is 5.82 Å². The number of hydrogen-bond acceptors (Lipinski definition) is 6. The van der Waals surface area contributed by atoms with E-state index in [9.17, 15) is 9.18 Å². The summed E-state index contributed by atoms with van der Waals surface area (Å²) < 4.78 is 25.2. The fourth-order valence-electron chi connectivity index (χ4n) is 4.01. The van der Waals surface area contributed by atoms with Gasteiger partial charge in [-0.05, 0) is 67.9 Å². The van der Waals surface area contributed by atoms with Gasteiger partial charge in [0.05, 0.1) is 13.1 Å². The van der Waals surface area contributed by atoms with Crippen LogP contribution in [0.3, 0.4) is 0 Å². The number of halogens is 1. The lowest BCUT2D eigenvalue weighted by Gasteiger charge is -2.36. The van der Waals surface area contributed by atoms with Crippen molar-refractivity contribution in [3.63, 3.8) is 0 Å². The van der Waals surface area contributed by atoms with Crippen LogP contribution < -0.4 is 4.74 Å². The molecule has 3 heterocycles. The van der Waals surface area contributed by atoms with Gasteiger partial charge in [0.25, 0.3) is 0 Å². The Morgan fingerprint density at radius 1 is 1.06 bits per heavy atom. The summed E-state index contributed by atoms with van der Waals surface area (Å²) in [6, 6.07) is 11.9. The summed E-state index contributed by atoms with van der Waals surface area (Å²) >= 11 is 0. The molecule has 7 nitrogen and oxygen atoms in total. The lowest BCUT2D eigenvalue weighted by molar-refractivity contribution is -0.126. The molecule has 8 heteroatoms. The summed E-state index contributed by atoms with van der Waals surface area (Å²) in [5, 5.41) is 8.43. The lowest BCUT2D eigenvalue weighted by atomic mass is 10.1. The molecule has 2 aliphatic heterocycles. The van der Waals surface area contributed by atoms with Gasteiger partial charge in [-0.25, -0.2) is 4.39 Å². The first kappa shape index (κ1) is 19.7. The minimum absolute atomic E-state index is 0.0139. The number of carbonyl (C=O) groups excluding carboxylic acids is 1. The van der Waals surface area contributed by atoms with Crippen LogP contribution in [0.15, 0.2) is 46.9 Å². The van der Waals surface area contributed by atoms with Crippen LogP contribution in [-0.4, -0.2) is 58.7 Å². The van der Waals surface area contributed by atoms with Gasteiger partial charge in [0.1, 0.15) is 17.7 Å². The maximum Gasteiger partial charge on any atom is 0.248 e. The third kappa shape index (κ3) is 4.29. The predicted molar refractivity (Wildman–Crippen MR) is 112 cm³/mol. The highest BCUT2D eigenvalue weighted by Gasteiger charge is 2.27. The monoisotopic (exact) mass is 422 g/mol. The molecule has 31 heavy (non-hydrogen) atoms. The first-order chi connectivity index (χ1) is 15.2. The van der Waals surface area contributed by atoms with Gasteiger partial charge in [0.2, 0.25) is 18.2 Å². The Balaban J connectivity index is 1.43. The summed E-state index contributed by atoms with van der Waals surface area (Å²) in [6.07, 6.45) is 3.24. The van der Waals surface area contributed by atoms with Crippen LogP contribution in [0.2, 0.25) is 0 Å². The average molecular weight is 422 g/mol. The van der Waals surface area contributed by atoms with E-state index in [2.05, 4.69) is 15.1 Å². The largest absolute Gasteiger partial charge is 0.487 e. The Morgan fingerprint density at radius 3 is 2.55 bits per heavy atom. The summed E-state index contributed by atoms with van der Waals surface area (Å²) in [6.45, 7) is 4.12. The number of likely N-dealkylation sites (tertiary alicyclic amines) is 2. The molecule has 2 aromatic carbocycles. The summed E-state index contributed by atoms with van der Waals surface area (Å²) in [5.74, 6) is 1.14. The second-order valence-corrected chi connectivity index (χ2v) is 8.02. The summed E-state index contributed by atoms with van der Waals surface area (Å²) in [7, 11) is 0. The molecule has 0 atom stereocenters. The third-order valence-corrected chi connectivity index (χ3v) is 5.75. The van der Waals surface area contributed by atoms with E-state index >= 15 is 0 Å². The van der Waals surface area contributed by atoms with Gasteiger partial charge >= 0.3 is 0 Å². The maximum atomic E-state index is 13.2. The normalized spacial score (nSPS) is 17.0. The highest BCUT2D eigenvalue weighted by atomic mass is 19.1. The number of carbonyl (C=O) groups is 1. The molecular formula is C23H23FN4O3. The fraction of sp³-hybridized carbons (Fsp3) is 0.348. The Kier molecular flexibility index (Phi) is 5.38. The highest BCUT2D eigenvalue weighted by molar-refractivity contribution is 5.63. The Bertz CT molecular complexity index is 1060. The first-order valence-corrected chi connectivity index (χ1v) is 10.5. The van der Waals surface area contributed by atoms with Crippen molar-refractivity contribution in [2.24, 2.45) is 0 Å². The maximum absolute atomic E-state index is 13.2. The molecule has 2 fully saturated rings. The molecule has 0 radical (unpaired) electrons. The quantitative estimate of drug-likeness (QED) is 0.544. The SMILES string of the molecule is O=CN1CC(Oc2ccc(CN3CCCC3)c(-c3nnc(-c4ccc(F)cc4)o3)c2)C1. The molecule has 160 valence electrons. The van der Waals surface area contributed by atoms with E-state index in [0.29, 0.717) is 36.2 Å². The number of hydrogen-bond donors (Lipinski definition) is 0. The van der Waals surface area contributed by atoms with Crippen molar-refractivity contribution in [2.45, 2.75) is 25.5 Å². The second-order valence-electron chi connectivity index (χ2n) is 8.02. The standard InChI is InChI=1S/C23H23FN4O3/c24-18-6-3-16(4-7-18)22-25-26-23(31-22)21-11-19(30-20-13-28(14-20)15-29)8-5-17(21)12-27-9-1-2-10-27/h3-8,11,15,20H,1-2,9-10,12-14H2. The number of rotatable bonds is 7. The fourth-order valence-corrected chi connectivity index (χ4v) is 4.01. The summed E-state index contributed by atoms with van der Waals surface area (Å²) in [5.41, 5.74) is 2.58. The molecule has 0 bridgehead atoms. The smallest absolute Gasteiger partial charge is 0.248 e. The zero-order valence-electron chi connectivity index (χ0n) is 17.0. The van der Waals surface area contributed by atoms with Crippen molar-refractivity contribution in [2.75, 3.05) is 26.2 Å². The van der Waals surface area contributed by atoms with Crippen molar-refractivity contribution in [1.82, 2.24) is 20.0 Å². The minimum Gasteiger partial charge on any atom is -0.487 e. The van der Waals surface area contributed by atoms with Crippen LogP contribution in [0.1, 0.15) is 18.4 Å². The molecule has 0 aliphatic carbocycles. The molecule has 0 spiro atoms. The number of amides is 1. The molecule has 0 unspecified atom stereocenters. The van der Waals surface area contributed by atoms with Gasteiger partial charge in [-0.1, -0.05) is 6.07 Å². The van der Waals surface area contributed by atoms with Crippen LogP contribution in [0.25, 0.3) is 22.9 Å². The third-order valence-electron chi connectivity index (χ3n) is 5.75. The van der Waals surface area contributed by atoms with Gasteiger partial charge < -0.3 is 14.1 Å². The van der Waals surface area contributed by atoms with Crippen LogP contribution in [-0.2, 0) is 11.3 Å². The van der Waals surface area contributed by atoms with E-state index in [-0.39, 0.29) is 11.9 Å². The van der Waals surface area contributed by atoms with E-state index in [0.717, 1.165) is 37.2 Å². The van der Waals surface area contributed by atoms with Gasteiger partial charge in [-0.15, -0.1) is 10.2 Å². The van der Waals surface area contributed by atoms with E-state index in [4.69, 9.17) is 9.15 Å². The minimum atomic E-state index is -0.314. The average Bonchev–Trinajstić information content (AvgIpc) is 3.44. The second kappa shape index (κ2) is 8.47. The molecule has 3 aromatic rings. The van der Waals surface area contributed by atoms with Crippen molar-refractivity contribution in [3.8, 4) is 28.7 Å². The van der Waals surface area contributed by atoms with Crippen LogP contribution >= 0.6 is 0 Å². The van der Waals surface area contributed by atoms with Crippen LogP contribution in [0.4, 0.5) is 4.39 Å². The number of aromatic nitrogens is 2. The highest BCUT2D eigenvalue weighted by Crippen LogP contribution is 2.32. The zero-order valence-corrected chi connectivity index (χ0v) is 17.0. The van der Waals surface area contributed by atoms with Crippen molar-refractivity contribution in [1.29, 1.82) is 0 Å². The number of nitrogens with zero attached hydrogens (tertiary/aromatic N) is 4. The van der Waals surface area contributed by atoms with Gasteiger partial charge in [-0.2, -0.15) is 0 Å². The predicted octanol–water partition coefficient (Wildman–Crippen LogP) is 3.36. The molecule has 2 saturated heterocycles. The first-order valence-electron chi connectivity index (χ1n) is 10.5. The topological polar surface area (TPSA) is 71.7 Å². The number of ether oxygens (including phenoxy) is 1. The van der Waals surface area contributed by atoms with Crippen molar-refractivity contribution >= 4 is 6.41 Å². The van der Waals surface area contributed by atoms with Crippen molar-refractivity contribution < 1.29 is 18.3 Å². The molecule has 2 aliphatic rings. The molecule has 0 saturated carbocycles. The molecule has 5 rings (SSSR count). The molecule has 1 aromatic heterocycles. The van der Waals surface area contributed by atoms with E-state index < -0.39 is 0 Å². The zero-order chi connectivity index (χ0) is 21.2. The van der Waals surface area contributed by atoms with Gasteiger partial charge in [0.15, 0.2) is 0 Å². The van der Waals surface area contributed by atoms with Gasteiger partial charge in [0, 0.05) is 17.7 Å².